The lowest BCUT2D eigenvalue weighted by Gasteiger charge is -2.40. The van der Waals surface area contributed by atoms with Gasteiger partial charge in [0.15, 0.2) is 8.32 Å². The molecule has 1 fully saturated rings. The van der Waals surface area contributed by atoms with E-state index in [1.54, 1.807) is 0 Å². The molecule has 0 aromatic rings. The summed E-state index contributed by atoms with van der Waals surface area (Å²) in [6.45, 7) is 14.0. The summed E-state index contributed by atoms with van der Waals surface area (Å²) in [6, 6.07) is 0. The zero-order valence-electron chi connectivity index (χ0n) is 11.3. The van der Waals surface area contributed by atoms with Crippen molar-refractivity contribution in [1.82, 2.24) is 0 Å². The zero-order valence-corrected chi connectivity index (χ0v) is 12.3. The van der Waals surface area contributed by atoms with Gasteiger partial charge in [0.25, 0.3) is 0 Å². The molecule has 0 aromatic carbocycles. The van der Waals surface area contributed by atoms with Crippen LogP contribution in [-0.4, -0.2) is 14.4 Å². The van der Waals surface area contributed by atoms with Gasteiger partial charge in [-0.2, -0.15) is 0 Å². The van der Waals surface area contributed by atoms with E-state index in [-0.39, 0.29) is 0 Å². The van der Waals surface area contributed by atoms with E-state index < -0.39 is 8.32 Å². The Morgan fingerprint density at radius 3 is 2.20 bits per heavy atom. The summed E-state index contributed by atoms with van der Waals surface area (Å²) in [6.07, 6.45) is 4.59. The smallest absolute Gasteiger partial charge is 0.184 e. The van der Waals surface area contributed by atoms with Crippen molar-refractivity contribution < 1.29 is 4.43 Å². The predicted octanol–water partition coefficient (Wildman–Crippen LogP) is 4.30. The second-order valence-electron chi connectivity index (χ2n) is 6.59. The third kappa shape index (κ3) is 4.27. The number of rotatable bonds is 3. The van der Waals surface area contributed by atoms with E-state index in [0.717, 1.165) is 17.8 Å². The monoisotopic (exact) mass is 228 g/mol. The molecule has 0 saturated heterocycles. The third-order valence-electron chi connectivity index (χ3n) is 3.47. The quantitative estimate of drug-likeness (QED) is 0.655. The Labute approximate surface area is 96.7 Å². The molecule has 3 atom stereocenters. The highest BCUT2D eigenvalue weighted by atomic mass is 28.4. The standard InChI is InChI=1S/C13H28OSi/c1-10(2)12-8-7-11(3)9-13(12)14-15(4,5)6/h10-13H,7-9H2,1-6H3/t11?,12-,13+/m0/s1. The van der Waals surface area contributed by atoms with E-state index in [0.29, 0.717) is 6.10 Å². The minimum Gasteiger partial charge on any atom is -0.414 e. The molecule has 1 nitrogen and oxygen atoms in total. The third-order valence-corrected chi connectivity index (χ3v) is 4.48. The molecule has 0 aromatic heterocycles. The van der Waals surface area contributed by atoms with Crippen molar-refractivity contribution in [1.29, 1.82) is 0 Å². The highest BCUT2D eigenvalue weighted by molar-refractivity contribution is 6.69. The zero-order chi connectivity index (χ0) is 11.6. The maximum atomic E-state index is 6.36. The van der Waals surface area contributed by atoms with Crippen molar-refractivity contribution in [3.8, 4) is 0 Å². The Bertz CT molecular complexity index is 195. The molecule has 0 aliphatic heterocycles. The SMILES string of the molecule is CC1CC[C@@H](C(C)C)[C@H](O[Si](C)(C)C)C1. The van der Waals surface area contributed by atoms with Crippen LogP contribution in [0.15, 0.2) is 0 Å². The topological polar surface area (TPSA) is 9.23 Å². The Morgan fingerprint density at radius 2 is 1.73 bits per heavy atom. The average Bonchev–Trinajstić information content (AvgIpc) is 1.99. The Balaban J connectivity index is 2.62. The fraction of sp³-hybridized carbons (Fsp3) is 1.00. The van der Waals surface area contributed by atoms with E-state index in [9.17, 15) is 0 Å². The van der Waals surface area contributed by atoms with Crippen LogP contribution in [0, 0.1) is 17.8 Å². The summed E-state index contributed by atoms with van der Waals surface area (Å²) in [5.74, 6) is 2.44. The van der Waals surface area contributed by atoms with Crippen LogP contribution < -0.4 is 0 Å². The molecular formula is C13H28OSi. The maximum Gasteiger partial charge on any atom is 0.184 e. The molecule has 0 radical (unpaired) electrons. The molecule has 1 aliphatic carbocycles. The summed E-state index contributed by atoms with van der Waals surface area (Å²) in [4.78, 5) is 0. The molecular weight excluding hydrogens is 200 g/mol. The van der Waals surface area contributed by atoms with Crippen LogP contribution in [0.4, 0.5) is 0 Å². The molecule has 0 heterocycles. The van der Waals surface area contributed by atoms with Crippen LogP contribution >= 0.6 is 0 Å². The van der Waals surface area contributed by atoms with Crippen LogP contribution in [0.2, 0.25) is 19.6 Å². The molecule has 0 spiro atoms. The first-order chi connectivity index (χ1) is 6.79. The van der Waals surface area contributed by atoms with Crippen molar-refractivity contribution >= 4 is 8.32 Å². The fourth-order valence-corrected chi connectivity index (χ4v) is 3.88. The van der Waals surface area contributed by atoms with Crippen LogP contribution in [0.3, 0.4) is 0 Å². The Kier molecular flexibility index (Phi) is 4.42. The first kappa shape index (κ1) is 13.2. The molecule has 1 rings (SSSR count). The van der Waals surface area contributed by atoms with Crippen LogP contribution in [0.1, 0.15) is 40.0 Å². The van der Waals surface area contributed by atoms with E-state index in [1.165, 1.54) is 19.3 Å². The van der Waals surface area contributed by atoms with Crippen molar-refractivity contribution in [2.24, 2.45) is 17.8 Å². The molecule has 15 heavy (non-hydrogen) atoms. The van der Waals surface area contributed by atoms with Crippen molar-refractivity contribution in [2.45, 2.75) is 65.8 Å². The minimum absolute atomic E-state index is 0.542. The summed E-state index contributed by atoms with van der Waals surface area (Å²) >= 11 is 0. The highest BCUT2D eigenvalue weighted by Crippen LogP contribution is 2.36. The second-order valence-corrected chi connectivity index (χ2v) is 11.1. The first-order valence-corrected chi connectivity index (χ1v) is 9.88. The molecule has 2 heteroatoms. The maximum absolute atomic E-state index is 6.36. The van der Waals surface area contributed by atoms with Gasteiger partial charge < -0.3 is 4.43 Å². The van der Waals surface area contributed by atoms with E-state index in [4.69, 9.17) is 4.43 Å². The molecule has 90 valence electrons. The van der Waals surface area contributed by atoms with Crippen LogP contribution in [0.25, 0.3) is 0 Å². The van der Waals surface area contributed by atoms with Gasteiger partial charge in [0.2, 0.25) is 0 Å². The van der Waals surface area contributed by atoms with E-state index >= 15 is 0 Å². The minimum atomic E-state index is -1.36. The fourth-order valence-electron chi connectivity index (χ4n) is 2.70. The van der Waals surface area contributed by atoms with Crippen LogP contribution in [-0.2, 0) is 4.43 Å². The van der Waals surface area contributed by atoms with Crippen molar-refractivity contribution in [2.75, 3.05) is 0 Å². The molecule has 0 N–H and O–H groups in total. The number of hydrogen-bond acceptors (Lipinski definition) is 1. The molecule has 1 unspecified atom stereocenters. The van der Waals surface area contributed by atoms with Gasteiger partial charge in [-0.25, -0.2) is 0 Å². The van der Waals surface area contributed by atoms with Gasteiger partial charge in [-0.05, 0) is 50.2 Å². The molecule has 0 bridgehead atoms. The highest BCUT2D eigenvalue weighted by Gasteiger charge is 2.34. The summed E-state index contributed by atoms with van der Waals surface area (Å²) in [5, 5.41) is 0. The summed E-state index contributed by atoms with van der Waals surface area (Å²) in [5.41, 5.74) is 0. The van der Waals surface area contributed by atoms with E-state index in [1.807, 2.05) is 0 Å². The van der Waals surface area contributed by atoms with Gasteiger partial charge in [0.05, 0.1) is 0 Å². The van der Waals surface area contributed by atoms with Crippen molar-refractivity contribution in [3.63, 3.8) is 0 Å². The summed E-state index contributed by atoms with van der Waals surface area (Å²) < 4.78 is 6.36. The normalized spacial score (nSPS) is 33.4. The number of hydrogen-bond donors (Lipinski definition) is 0. The predicted molar refractivity (Wildman–Crippen MR) is 69.6 cm³/mol. The lowest BCUT2D eigenvalue weighted by atomic mass is 9.75. The lowest BCUT2D eigenvalue weighted by molar-refractivity contribution is 0.0404. The van der Waals surface area contributed by atoms with Crippen molar-refractivity contribution in [3.05, 3.63) is 0 Å². The molecule has 0 amide bonds. The van der Waals surface area contributed by atoms with Gasteiger partial charge in [0.1, 0.15) is 0 Å². The van der Waals surface area contributed by atoms with Gasteiger partial charge in [0, 0.05) is 6.10 Å². The van der Waals surface area contributed by atoms with Gasteiger partial charge in [-0.3, -0.25) is 0 Å². The largest absolute Gasteiger partial charge is 0.414 e. The van der Waals surface area contributed by atoms with Crippen LogP contribution in [0.5, 0.6) is 0 Å². The van der Waals surface area contributed by atoms with Gasteiger partial charge in [-0.1, -0.05) is 27.2 Å². The Morgan fingerprint density at radius 1 is 1.13 bits per heavy atom. The van der Waals surface area contributed by atoms with Gasteiger partial charge >= 0.3 is 0 Å². The Hall–Kier alpha value is 0.177. The average molecular weight is 228 g/mol. The second kappa shape index (κ2) is 5.01. The van der Waals surface area contributed by atoms with E-state index in [2.05, 4.69) is 40.4 Å². The first-order valence-electron chi connectivity index (χ1n) is 6.47. The summed E-state index contributed by atoms with van der Waals surface area (Å²) in [7, 11) is -1.36. The molecule has 1 aliphatic rings. The lowest BCUT2D eigenvalue weighted by Crippen LogP contribution is -2.41. The van der Waals surface area contributed by atoms with Gasteiger partial charge in [-0.15, -0.1) is 0 Å². The molecule has 1 saturated carbocycles.